The lowest BCUT2D eigenvalue weighted by molar-refractivity contribution is -0.132. The van der Waals surface area contributed by atoms with Crippen LogP contribution >= 0.6 is 11.3 Å². The van der Waals surface area contributed by atoms with E-state index in [-0.39, 0.29) is 12.0 Å². The summed E-state index contributed by atoms with van der Waals surface area (Å²) < 4.78 is 11.9. The average Bonchev–Trinajstić information content (AvgIpc) is 3.25. The van der Waals surface area contributed by atoms with Gasteiger partial charge >= 0.3 is 0 Å². The summed E-state index contributed by atoms with van der Waals surface area (Å²) in [5.74, 6) is 1.87. The number of ether oxygens (including phenoxy) is 2. The third kappa shape index (κ3) is 5.30. The molecule has 1 aliphatic heterocycles. The molecule has 0 saturated carbocycles. The van der Waals surface area contributed by atoms with E-state index in [1.54, 1.807) is 11.3 Å². The van der Waals surface area contributed by atoms with Gasteiger partial charge in [-0.25, -0.2) is 4.98 Å². The third-order valence-corrected chi connectivity index (χ3v) is 6.80. The monoisotopic (exact) mass is 450 g/mol. The number of hydrogen-bond acceptors (Lipinski definition) is 5. The van der Waals surface area contributed by atoms with Crippen molar-refractivity contribution in [1.29, 1.82) is 0 Å². The summed E-state index contributed by atoms with van der Waals surface area (Å²) in [4.78, 5) is 19.5. The highest BCUT2D eigenvalue weighted by atomic mass is 32.1. The Bertz CT molecular complexity index is 1070. The first-order chi connectivity index (χ1) is 15.5. The summed E-state index contributed by atoms with van der Waals surface area (Å²) in [7, 11) is 0. The lowest BCUT2D eigenvalue weighted by atomic mass is 10.1. The number of piperidine rings is 1. The van der Waals surface area contributed by atoms with Crippen LogP contribution in [0, 0.1) is 13.8 Å². The van der Waals surface area contributed by atoms with Gasteiger partial charge in [0, 0.05) is 31.3 Å². The van der Waals surface area contributed by atoms with Gasteiger partial charge in [0.05, 0.1) is 24.3 Å². The van der Waals surface area contributed by atoms with Crippen LogP contribution in [0.5, 0.6) is 11.5 Å². The number of thiazole rings is 1. The molecule has 0 aliphatic carbocycles. The van der Waals surface area contributed by atoms with Crippen LogP contribution in [0.4, 0.5) is 0 Å². The van der Waals surface area contributed by atoms with Crippen molar-refractivity contribution >= 4 is 17.2 Å². The number of aryl methyl sites for hydroxylation is 2. The molecule has 0 unspecified atom stereocenters. The standard InChI is InChI=1S/C26H30N2O3S/c1-4-30-24-8-6-5-7-23(24)26-27-20(17-32-26)16-25(29)28-13-11-21(12-14-28)31-22-10-9-18(2)19(3)15-22/h5-10,15,17,21H,4,11-14,16H2,1-3H3. The van der Waals surface area contributed by atoms with Crippen molar-refractivity contribution in [3.05, 3.63) is 64.7 Å². The topological polar surface area (TPSA) is 51.7 Å². The molecule has 0 radical (unpaired) electrons. The van der Waals surface area contributed by atoms with E-state index in [1.807, 2.05) is 47.5 Å². The Labute approximate surface area is 194 Å². The van der Waals surface area contributed by atoms with E-state index in [1.165, 1.54) is 11.1 Å². The maximum Gasteiger partial charge on any atom is 0.228 e. The van der Waals surface area contributed by atoms with Crippen molar-refractivity contribution in [2.24, 2.45) is 0 Å². The average molecular weight is 451 g/mol. The number of carbonyl (C=O) groups is 1. The Morgan fingerprint density at radius 3 is 2.66 bits per heavy atom. The van der Waals surface area contributed by atoms with Gasteiger partial charge in [-0.15, -0.1) is 11.3 Å². The summed E-state index contributed by atoms with van der Waals surface area (Å²) in [6.07, 6.45) is 2.18. The van der Waals surface area contributed by atoms with E-state index in [9.17, 15) is 4.79 Å². The largest absolute Gasteiger partial charge is 0.493 e. The number of para-hydroxylation sites is 1. The van der Waals surface area contributed by atoms with Crippen LogP contribution in [0.3, 0.4) is 0 Å². The highest BCUT2D eigenvalue weighted by Crippen LogP contribution is 2.32. The summed E-state index contributed by atoms with van der Waals surface area (Å²) in [5, 5.41) is 2.86. The van der Waals surface area contributed by atoms with E-state index >= 15 is 0 Å². The molecule has 1 amide bonds. The van der Waals surface area contributed by atoms with Crippen LogP contribution in [0.15, 0.2) is 47.8 Å². The fourth-order valence-corrected chi connectivity index (χ4v) is 4.76. The summed E-state index contributed by atoms with van der Waals surface area (Å²) in [5.41, 5.74) is 4.29. The minimum absolute atomic E-state index is 0.129. The third-order valence-electron chi connectivity index (χ3n) is 5.88. The second-order valence-electron chi connectivity index (χ2n) is 8.19. The number of benzene rings is 2. The van der Waals surface area contributed by atoms with Gasteiger partial charge < -0.3 is 14.4 Å². The molecule has 0 spiro atoms. The van der Waals surface area contributed by atoms with Crippen molar-refractivity contribution in [1.82, 2.24) is 9.88 Å². The van der Waals surface area contributed by atoms with Crippen molar-refractivity contribution in [2.75, 3.05) is 19.7 Å². The molecule has 0 atom stereocenters. The van der Waals surface area contributed by atoms with Crippen LogP contribution < -0.4 is 9.47 Å². The number of rotatable bonds is 7. The van der Waals surface area contributed by atoms with Crippen molar-refractivity contribution in [3.8, 4) is 22.1 Å². The first-order valence-corrected chi connectivity index (χ1v) is 12.1. The van der Waals surface area contributed by atoms with E-state index in [0.717, 1.165) is 53.7 Å². The normalized spacial score (nSPS) is 14.4. The minimum Gasteiger partial charge on any atom is -0.493 e. The maximum absolute atomic E-state index is 12.9. The zero-order chi connectivity index (χ0) is 22.5. The number of likely N-dealkylation sites (tertiary alicyclic amines) is 1. The molecule has 32 heavy (non-hydrogen) atoms. The molecule has 6 heteroatoms. The molecule has 1 aliphatic rings. The Morgan fingerprint density at radius 2 is 1.91 bits per heavy atom. The molecule has 2 aromatic carbocycles. The number of hydrogen-bond donors (Lipinski definition) is 0. The van der Waals surface area contributed by atoms with Crippen molar-refractivity contribution < 1.29 is 14.3 Å². The van der Waals surface area contributed by atoms with Crippen LogP contribution in [-0.2, 0) is 11.2 Å². The predicted molar refractivity (Wildman–Crippen MR) is 129 cm³/mol. The first-order valence-electron chi connectivity index (χ1n) is 11.2. The van der Waals surface area contributed by atoms with Gasteiger partial charge in [-0.05, 0) is 56.2 Å². The Kier molecular flexibility index (Phi) is 7.10. The number of carbonyl (C=O) groups excluding carboxylic acids is 1. The quantitative estimate of drug-likeness (QED) is 0.481. The molecule has 0 bridgehead atoms. The van der Waals surface area contributed by atoms with E-state index in [0.29, 0.717) is 13.0 Å². The summed E-state index contributed by atoms with van der Waals surface area (Å²) in [6, 6.07) is 14.1. The molecule has 1 aromatic heterocycles. The van der Waals surface area contributed by atoms with E-state index < -0.39 is 0 Å². The maximum atomic E-state index is 12.9. The zero-order valence-corrected chi connectivity index (χ0v) is 19.8. The molecule has 5 nitrogen and oxygen atoms in total. The van der Waals surface area contributed by atoms with Gasteiger partial charge in [-0.3, -0.25) is 4.79 Å². The molecule has 4 rings (SSSR count). The smallest absolute Gasteiger partial charge is 0.228 e. The predicted octanol–water partition coefficient (Wildman–Crippen LogP) is 5.44. The number of nitrogens with zero attached hydrogens (tertiary/aromatic N) is 2. The van der Waals surface area contributed by atoms with Gasteiger partial charge in [0.2, 0.25) is 5.91 Å². The van der Waals surface area contributed by atoms with Crippen molar-refractivity contribution in [2.45, 2.75) is 46.1 Å². The van der Waals surface area contributed by atoms with Gasteiger partial charge in [-0.1, -0.05) is 18.2 Å². The number of amides is 1. The summed E-state index contributed by atoms with van der Waals surface area (Å²) >= 11 is 1.55. The second kappa shape index (κ2) is 10.2. The van der Waals surface area contributed by atoms with Crippen LogP contribution in [0.25, 0.3) is 10.6 Å². The Hall–Kier alpha value is -2.86. The van der Waals surface area contributed by atoms with Crippen molar-refractivity contribution in [3.63, 3.8) is 0 Å². The van der Waals surface area contributed by atoms with E-state index in [2.05, 4.69) is 26.0 Å². The molecule has 168 valence electrons. The van der Waals surface area contributed by atoms with Gasteiger partial charge in [-0.2, -0.15) is 0 Å². The highest BCUT2D eigenvalue weighted by Gasteiger charge is 2.24. The Morgan fingerprint density at radius 1 is 1.12 bits per heavy atom. The molecule has 1 fully saturated rings. The van der Waals surface area contributed by atoms with Crippen LogP contribution in [0.1, 0.15) is 36.6 Å². The van der Waals surface area contributed by atoms with Gasteiger partial charge in [0.25, 0.3) is 0 Å². The lowest BCUT2D eigenvalue weighted by Gasteiger charge is -2.32. The molecule has 1 saturated heterocycles. The SMILES string of the molecule is CCOc1ccccc1-c1nc(CC(=O)N2CCC(Oc3ccc(C)c(C)c3)CC2)cs1. The molecule has 3 aromatic rings. The van der Waals surface area contributed by atoms with E-state index in [4.69, 9.17) is 14.5 Å². The van der Waals surface area contributed by atoms with Crippen LogP contribution in [-0.4, -0.2) is 41.6 Å². The highest BCUT2D eigenvalue weighted by molar-refractivity contribution is 7.13. The fourth-order valence-electron chi connectivity index (χ4n) is 3.91. The molecule has 0 N–H and O–H groups in total. The van der Waals surface area contributed by atoms with Gasteiger partial charge in [0.15, 0.2) is 0 Å². The summed E-state index contributed by atoms with van der Waals surface area (Å²) in [6.45, 7) is 8.22. The molecular formula is C26H30N2O3S. The van der Waals surface area contributed by atoms with Gasteiger partial charge in [0.1, 0.15) is 22.6 Å². The second-order valence-corrected chi connectivity index (χ2v) is 9.05. The Balaban J connectivity index is 1.31. The zero-order valence-electron chi connectivity index (χ0n) is 19.0. The first kappa shape index (κ1) is 22.3. The van der Waals surface area contributed by atoms with Crippen LogP contribution in [0.2, 0.25) is 0 Å². The fraction of sp³-hybridized carbons (Fsp3) is 0.385. The number of aromatic nitrogens is 1. The minimum atomic E-state index is 0.129. The molecule has 2 heterocycles. The lowest BCUT2D eigenvalue weighted by Crippen LogP contribution is -2.42. The molecular weight excluding hydrogens is 420 g/mol.